The predicted octanol–water partition coefficient (Wildman–Crippen LogP) is 4.19. The number of hydrogen-bond donors (Lipinski definition) is 1. The number of ether oxygens (including phenoxy) is 3. The highest BCUT2D eigenvalue weighted by Gasteiger charge is 2.67. The zero-order chi connectivity index (χ0) is 22.3. The summed E-state index contributed by atoms with van der Waals surface area (Å²) in [6.07, 6.45) is 3.98. The molecule has 1 N–H and O–H groups in total. The van der Waals surface area contributed by atoms with Gasteiger partial charge in [0, 0.05) is 29.9 Å². The van der Waals surface area contributed by atoms with Crippen LogP contribution in [-0.2, 0) is 22.6 Å². The minimum atomic E-state index is -0.481. The van der Waals surface area contributed by atoms with E-state index in [1.165, 1.54) is 6.92 Å². The topological polar surface area (TPSA) is 82.1 Å². The minimum absolute atomic E-state index is 0.156. The lowest BCUT2D eigenvalue weighted by atomic mass is 9.43. The number of fused-ring (bicyclic) bond motifs is 5. The normalized spacial score (nSPS) is 37.5. The van der Waals surface area contributed by atoms with E-state index in [-0.39, 0.29) is 29.5 Å². The Morgan fingerprint density at radius 3 is 2.65 bits per heavy atom. The van der Waals surface area contributed by atoms with Crippen LogP contribution in [-0.4, -0.2) is 28.8 Å². The first-order valence-corrected chi connectivity index (χ1v) is 11.4. The molecule has 6 nitrogen and oxygen atoms in total. The van der Waals surface area contributed by atoms with Crippen LogP contribution in [0.2, 0.25) is 0 Å². The van der Waals surface area contributed by atoms with Crippen molar-refractivity contribution in [2.75, 3.05) is 0 Å². The van der Waals surface area contributed by atoms with Gasteiger partial charge < -0.3 is 19.3 Å². The zero-order valence-corrected chi connectivity index (χ0v) is 19.0. The number of carbonyl (C=O) groups is 2. The second kappa shape index (κ2) is 6.47. The van der Waals surface area contributed by atoms with Crippen LogP contribution in [0.4, 0.5) is 0 Å². The van der Waals surface area contributed by atoms with E-state index >= 15 is 0 Å². The molecule has 2 aliphatic carbocycles. The Labute approximate surface area is 183 Å². The highest BCUT2D eigenvalue weighted by atomic mass is 16.6. The molecule has 1 aromatic rings. The van der Waals surface area contributed by atoms with Crippen LogP contribution in [0, 0.1) is 22.7 Å². The molecule has 2 heterocycles. The van der Waals surface area contributed by atoms with E-state index in [0.717, 1.165) is 36.8 Å². The summed E-state index contributed by atoms with van der Waals surface area (Å²) in [7, 11) is 0. The van der Waals surface area contributed by atoms with Gasteiger partial charge in [0.15, 0.2) is 0 Å². The Morgan fingerprint density at radius 1 is 1.19 bits per heavy atom. The molecule has 2 saturated carbocycles. The average Bonchev–Trinajstić information content (AvgIpc) is 3.26. The molecule has 0 bridgehead atoms. The number of hydrogen-bond acceptors (Lipinski definition) is 6. The van der Waals surface area contributed by atoms with Crippen LogP contribution in [0.25, 0.3) is 0 Å². The van der Waals surface area contributed by atoms with Crippen molar-refractivity contribution in [2.45, 2.75) is 85.0 Å². The molecule has 2 fully saturated rings. The largest absolute Gasteiger partial charge is 0.485 e. The zero-order valence-electron chi connectivity index (χ0n) is 19.0. The standard InChI is InChI=1S/C25H32O6/c1-13-6-7-19-23(3,4)20(27)8-9-24(19,5)25(13)11-16-18(30-14(2)26)10-15-17(21(16)31-25)12-29-22(15)28/h10,13,19-20,27H,6-9,11-12H2,1-5H3/t13-,19+,20-,24+,25-/m1/s1. The van der Waals surface area contributed by atoms with Crippen LogP contribution >= 0.6 is 0 Å². The Kier molecular flexibility index (Phi) is 4.34. The molecule has 2 aliphatic heterocycles. The molecule has 5 atom stereocenters. The van der Waals surface area contributed by atoms with Crippen molar-refractivity contribution >= 4 is 11.9 Å². The second-order valence-electron chi connectivity index (χ2n) is 10.9. The van der Waals surface area contributed by atoms with Gasteiger partial charge in [-0.05, 0) is 49.0 Å². The van der Waals surface area contributed by atoms with Crippen molar-refractivity contribution in [1.29, 1.82) is 0 Å². The van der Waals surface area contributed by atoms with Gasteiger partial charge in [0.1, 0.15) is 23.7 Å². The van der Waals surface area contributed by atoms with Gasteiger partial charge in [-0.25, -0.2) is 4.79 Å². The smallest absolute Gasteiger partial charge is 0.339 e. The lowest BCUT2D eigenvalue weighted by Crippen LogP contribution is -2.66. The van der Waals surface area contributed by atoms with E-state index in [1.54, 1.807) is 6.07 Å². The number of esters is 2. The molecular formula is C25H32O6. The molecule has 0 unspecified atom stereocenters. The van der Waals surface area contributed by atoms with Crippen molar-refractivity contribution in [2.24, 2.45) is 22.7 Å². The predicted molar refractivity (Wildman–Crippen MR) is 113 cm³/mol. The van der Waals surface area contributed by atoms with Crippen molar-refractivity contribution < 1.29 is 28.9 Å². The fraction of sp³-hybridized carbons (Fsp3) is 0.680. The number of aliphatic hydroxyl groups is 1. The Hall–Kier alpha value is -2.08. The summed E-state index contributed by atoms with van der Waals surface area (Å²) in [4.78, 5) is 24.1. The minimum Gasteiger partial charge on any atom is -0.485 e. The van der Waals surface area contributed by atoms with Gasteiger partial charge in [-0.1, -0.05) is 27.7 Å². The van der Waals surface area contributed by atoms with E-state index in [2.05, 4.69) is 27.7 Å². The number of cyclic esters (lactones) is 1. The maximum atomic E-state index is 12.3. The fourth-order valence-electron chi connectivity index (χ4n) is 7.32. The molecule has 6 heteroatoms. The molecule has 0 aromatic heterocycles. The molecule has 5 rings (SSSR count). The second-order valence-corrected chi connectivity index (χ2v) is 10.9. The highest BCUT2D eigenvalue weighted by molar-refractivity contribution is 5.95. The van der Waals surface area contributed by atoms with Crippen molar-refractivity contribution in [3.8, 4) is 11.5 Å². The van der Waals surface area contributed by atoms with Crippen LogP contribution < -0.4 is 9.47 Å². The SMILES string of the molecule is CC(=O)Oc1cc2c(c3c1C[C@@]1(O3)[C@H](C)CC[C@H]3C(C)(C)[C@H](O)CC[C@@]31C)COC2=O. The Balaban J connectivity index is 1.66. The number of rotatable bonds is 1. The van der Waals surface area contributed by atoms with E-state index in [9.17, 15) is 14.7 Å². The molecule has 168 valence electrons. The molecule has 0 saturated heterocycles. The van der Waals surface area contributed by atoms with Crippen molar-refractivity contribution in [3.63, 3.8) is 0 Å². The maximum Gasteiger partial charge on any atom is 0.339 e. The number of carbonyl (C=O) groups excluding carboxylic acids is 2. The number of benzene rings is 1. The van der Waals surface area contributed by atoms with Gasteiger partial charge in [-0.15, -0.1) is 0 Å². The molecule has 0 radical (unpaired) electrons. The van der Waals surface area contributed by atoms with E-state index in [4.69, 9.17) is 14.2 Å². The van der Waals surface area contributed by atoms with E-state index in [1.807, 2.05) is 0 Å². The molecule has 1 aromatic carbocycles. The number of aliphatic hydroxyl groups excluding tert-OH is 1. The third-order valence-corrected chi connectivity index (χ3v) is 9.11. The summed E-state index contributed by atoms with van der Waals surface area (Å²) in [6, 6.07) is 1.65. The molecular weight excluding hydrogens is 396 g/mol. The van der Waals surface area contributed by atoms with Gasteiger partial charge in [-0.2, -0.15) is 0 Å². The van der Waals surface area contributed by atoms with E-state index in [0.29, 0.717) is 29.4 Å². The summed E-state index contributed by atoms with van der Waals surface area (Å²) in [5, 5.41) is 10.8. The summed E-state index contributed by atoms with van der Waals surface area (Å²) in [5.41, 5.74) is 1.21. The van der Waals surface area contributed by atoms with Gasteiger partial charge in [0.05, 0.1) is 11.7 Å². The van der Waals surface area contributed by atoms with Gasteiger partial charge >= 0.3 is 11.9 Å². The van der Waals surface area contributed by atoms with Gasteiger partial charge in [0.2, 0.25) is 0 Å². The average molecular weight is 429 g/mol. The molecule has 4 aliphatic rings. The first kappa shape index (κ1) is 20.8. The van der Waals surface area contributed by atoms with Crippen LogP contribution in [0.3, 0.4) is 0 Å². The maximum absolute atomic E-state index is 12.3. The first-order valence-electron chi connectivity index (χ1n) is 11.4. The third-order valence-electron chi connectivity index (χ3n) is 9.11. The Bertz CT molecular complexity index is 981. The van der Waals surface area contributed by atoms with Crippen molar-refractivity contribution in [3.05, 3.63) is 22.8 Å². The van der Waals surface area contributed by atoms with Crippen LogP contribution in [0.15, 0.2) is 6.07 Å². The highest BCUT2D eigenvalue weighted by Crippen LogP contribution is 2.67. The van der Waals surface area contributed by atoms with Crippen LogP contribution in [0.1, 0.15) is 81.8 Å². The van der Waals surface area contributed by atoms with Gasteiger partial charge in [0.25, 0.3) is 0 Å². The summed E-state index contributed by atoms with van der Waals surface area (Å²) >= 11 is 0. The molecule has 0 amide bonds. The summed E-state index contributed by atoms with van der Waals surface area (Å²) in [5.74, 6) is 0.835. The summed E-state index contributed by atoms with van der Waals surface area (Å²) < 4.78 is 17.8. The lowest BCUT2D eigenvalue weighted by Gasteiger charge is -2.64. The summed E-state index contributed by atoms with van der Waals surface area (Å²) in [6.45, 7) is 10.5. The fourth-order valence-corrected chi connectivity index (χ4v) is 7.32. The van der Waals surface area contributed by atoms with Crippen molar-refractivity contribution in [1.82, 2.24) is 0 Å². The van der Waals surface area contributed by atoms with Crippen LogP contribution in [0.5, 0.6) is 11.5 Å². The quantitative estimate of drug-likeness (QED) is 0.534. The third kappa shape index (κ3) is 2.60. The van der Waals surface area contributed by atoms with Gasteiger partial charge in [-0.3, -0.25) is 4.79 Å². The monoisotopic (exact) mass is 428 g/mol. The molecule has 1 spiro atoms. The first-order chi connectivity index (χ1) is 14.5. The molecule has 31 heavy (non-hydrogen) atoms. The Morgan fingerprint density at radius 2 is 1.94 bits per heavy atom. The lowest BCUT2D eigenvalue weighted by molar-refractivity contribution is -0.210. The van der Waals surface area contributed by atoms with E-state index < -0.39 is 17.5 Å².